The molecule has 0 saturated carbocycles. The van der Waals surface area contributed by atoms with Crippen LogP contribution < -0.4 is 4.80 Å². The molecule has 1 aromatic carbocycles. The zero-order chi connectivity index (χ0) is 18.8. The molecule has 0 radical (unpaired) electrons. The molecule has 3 heterocycles. The number of rotatable bonds is 4. The Balaban J connectivity index is 1.84. The van der Waals surface area contributed by atoms with Gasteiger partial charge in [0.15, 0.2) is 5.76 Å². The van der Waals surface area contributed by atoms with Crippen LogP contribution >= 0.6 is 22.7 Å². The van der Waals surface area contributed by atoms with Crippen LogP contribution in [0.25, 0.3) is 11.5 Å². The number of furan rings is 1. The summed E-state index contributed by atoms with van der Waals surface area (Å²) in [7, 11) is 0. The van der Waals surface area contributed by atoms with Gasteiger partial charge in [0, 0.05) is 5.38 Å². The Morgan fingerprint density at radius 3 is 2.59 bits per heavy atom. The number of hydrogen-bond acceptors (Lipinski definition) is 5. The molecule has 0 bridgehead atoms. The van der Waals surface area contributed by atoms with Crippen molar-refractivity contribution in [1.82, 2.24) is 4.68 Å². The van der Waals surface area contributed by atoms with Crippen LogP contribution in [0.4, 0.5) is 5.69 Å². The van der Waals surface area contributed by atoms with Crippen molar-refractivity contribution >= 4 is 34.6 Å². The molecule has 0 spiro atoms. The number of nitrogens with zero attached hydrogens (tertiary/aromatic N) is 3. The summed E-state index contributed by atoms with van der Waals surface area (Å²) in [5, 5.41) is 8.82. The average Bonchev–Trinajstić information content (AvgIpc) is 3.38. The number of aromatic nitrogens is 1. The Hall–Kier alpha value is -2.70. The van der Waals surface area contributed by atoms with Crippen molar-refractivity contribution < 1.29 is 4.42 Å². The maximum atomic E-state index is 5.59. The molecule has 0 atom stereocenters. The first-order valence-corrected chi connectivity index (χ1v) is 10.3. The summed E-state index contributed by atoms with van der Waals surface area (Å²) in [6.07, 6.45) is 3.56. The van der Waals surface area contributed by atoms with Gasteiger partial charge in [0.25, 0.3) is 0 Å². The number of benzene rings is 1. The monoisotopic (exact) mass is 393 g/mol. The van der Waals surface area contributed by atoms with Gasteiger partial charge in [0.1, 0.15) is 5.69 Å². The maximum Gasteiger partial charge on any atom is 0.211 e. The largest absolute Gasteiger partial charge is 0.463 e. The Bertz CT molecular complexity index is 1160. The van der Waals surface area contributed by atoms with Crippen molar-refractivity contribution in [2.45, 2.75) is 20.8 Å². The SMILES string of the molecule is Cc1ccc(N=c2scc(-c3ccco3)n2N=Cc2sccc2C)cc1C. The lowest BCUT2D eigenvalue weighted by molar-refractivity contribution is 0.575. The number of thiazole rings is 1. The number of aryl methyl sites for hydroxylation is 3. The van der Waals surface area contributed by atoms with Gasteiger partial charge in [-0.3, -0.25) is 0 Å². The van der Waals surface area contributed by atoms with E-state index in [4.69, 9.17) is 14.5 Å². The van der Waals surface area contributed by atoms with Gasteiger partial charge in [-0.25, -0.2) is 9.67 Å². The lowest BCUT2D eigenvalue weighted by Gasteiger charge is -2.02. The molecule has 4 rings (SSSR count). The highest BCUT2D eigenvalue weighted by molar-refractivity contribution is 7.11. The third kappa shape index (κ3) is 3.72. The van der Waals surface area contributed by atoms with Crippen LogP contribution in [-0.4, -0.2) is 10.9 Å². The van der Waals surface area contributed by atoms with E-state index < -0.39 is 0 Å². The van der Waals surface area contributed by atoms with Crippen LogP contribution in [0.5, 0.6) is 0 Å². The molecule has 6 heteroatoms. The highest BCUT2D eigenvalue weighted by atomic mass is 32.1. The Morgan fingerprint density at radius 1 is 1.00 bits per heavy atom. The molecular formula is C21H19N3OS2. The third-order valence-electron chi connectivity index (χ3n) is 4.37. The summed E-state index contributed by atoms with van der Waals surface area (Å²) in [4.78, 5) is 6.76. The summed E-state index contributed by atoms with van der Waals surface area (Å²) in [5.41, 5.74) is 5.51. The van der Waals surface area contributed by atoms with Crippen molar-refractivity contribution in [1.29, 1.82) is 0 Å². The van der Waals surface area contributed by atoms with Gasteiger partial charge < -0.3 is 4.42 Å². The molecule has 0 N–H and O–H groups in total. The second-order valence-corrected chi connectivity index (χ2v) is 8.07. The molecule has 0 aliphatic rings. The van der Waals surface area contributed by atoms with E-state index in [1.807, 2.05) is 34.5 Å². The zero-order valence-corrected chi connectivity index (χ0v) is 17.0. The van der Waals surface area contributed by atoms with E-state index in [0.717, 1.165) is 26.8 Å². The molecule has 4 aromatic rings. The van der Waals surface area contributed by atoms with Crippen molar-refractivity contribution in [3.63, 3.8) is 0 Å². The fourth-order valence-corrected chi connectivity index (χ4v) is 4.23. The molecular weight excluding hydrogens is 374 g/mol. The summed E-state index contributed by atoms with van der Waals surface area (Å²) >= 11 is 3.22. The second kappa shape index (κ2) is 7.50. The topological polar surface area (TPSA) is 42.8 Å². The lowest BCUT2D eigenvalue weighted by Crippen LogP contribution is -2.11. The Morgan fingerprint density at radius 2 is 1.89 bits per heavy atom. The lowest BCUT2D eigenvalue weighted by atomic mass is 10.1. The first kappa shape index (κ1) is 17.7. The average molecular weight is 394 g/mol. The smallest absolute Gasteiger partial charge is 0.211 e. The molecule has 0 amide bonds. The minimum Gasteiger partial charge on any atom is -0.463 e. The molecule has 4 nitrogen and oxygen atoms in total. The van der Waals surface area contributed by atoms with Crippen LogP contribution in [0.2, 0.25) is 0 Å². The molecule has 0 aliphatic heterocycles. The van der Waals surface area contributed by atoms with E-state index >= 15 is 0 Å². The van der Waals surface area contributed by atoms with Crippen molar-refractivity contribution in [2.24, 2.45) is 10.1 Å². The maximum absolute atomic E-state index is 5.59. The highest BCUT2D eigenvalue weighted by Crippen LogP contribution is 2.22. The van der Waals surface area contributed by atoms with Crippen LogP contribution in [0.1, 0.15) is 21.6 Å². The normalized spacial score (nSPS) is 12.3. The van der Waals surface area contributed by atoms with Gasteiger partial charge in [-0.2, -0.15) is 5.10 Å². The van der Waals surface area contributed by atoms with Crippen LogP contribution in [0.3, 0.4) is 0 Å². The molecule has 0 saturated heterocycles. The van der Waals surface area contributed by atoms with Crippen molar-refractivity contribution in [3.8, 4) is 11.5 Å². The summed E-state index contributed by atoms with van der Waals surface area (Å²) in [6, 6.07) is 12.1. The predicted octanol–water partition coefficient (Wildman–Crippen LogP) is 5.91. The van der Waals surface area contributed by atoms with Gasteiger partial charge in [0.05, 0.1) is 23.0 Å². The van der Waals surface area contributed by atoms with Gasteiger partial charge in [0.2, 0.25) is 4.80 Å². The highest BCUT2D eigenvalue weighted by Gasteiger charge is 2.10. The van der Waals surface area contributed by atoms with Crippen LogP contribution in [0, 0.1) is 20.8 Å². The summed E-state index contributed by atoms with van der Waals surface area (Å²) in [5.74, 6) is 0.771. The number of thiophene rings is 1. The molecule has 0 unspecified atom stereocenters. The summed E-state index contributed by atoms with van der Waals surface area (Å²) in [6.45, 7) is 6.29. The third-order valence-corrected chi connectivity index (χ3v) is 6.14. The molecule has 3 aromatic heterocycles. The molecule has 136 valence electrons. The van der Waals surface area contributed by atoms with E-state index in [1.165, 1.54) is 16.7 Å². The quantitative estimate of drug-likeness (QED) is 0.397. The van der Waals surface area contributed by atoms with E-state index in [2.05, 4.69) is 44.4 Å². The standard InChI is InChI=1S/C21H19N3OS2/c1-14-6-7-17(11-16(14)3)23-21-24(22-12-20-15(2)8-10-26-20)18(13-27-21)19-5-4-9-25-19/h4-13H,1-3H3. The van der Waals surface area contributed by atoms with E-state index in [-0.39, 0.29) is 0 Å². The molecule has 0 fully saturated rings. The van der Waals surface area contributed by atoms with Gasteiger partial charge in [-0.15, -0.1) is 22.7 Å². The van der Waals surface area contributed by atoms with E-state index in [1.54, 1.807) is 28.9 Å². The van der Waals surface area contributed by atoms with E-state index in [0.29, 0.717) is 0 Å². The fraction of sp³-hybridized carbons (Fsp3) is 0.143. The molecule has 27 heavy (non-hydrogen) atoms. The van der Waals surface area contributed by atoms with Gasteiger partial charge >= 0.3 is 0 Å². The Kier molecular flexibility index (Phi) is 4.92. The first-order chi connectivity index (χ1) is 13.1. The number of hydrogen-bond donors (Lipinski definition) is 0. The first-order valence-electron chi connectivity index (χ1n) is 8.56. The van der Waals surface area contributed by atoms with E-state index in [9.17, 15) is 0 Å². The van der Waals surface area contributed by atoms with Crippen LogP contribution in [-0.2, 0) is 0 Å². The van der Waals surface area contributed by atoms with Crippen molar-refractivity contribution in [2.75, 3.05) is 0 Å². The van der Waals surface area contributed by atoms with Gasteiger partial charge in [-0.05, 0) is 73.2 Å². The van der Waals surface area contributed by atoms with Gasteiger partial charge in [-0.1, -0.05) is 6.07 Å². The Labute approximate surface area is 165 Å². The second-order valence-electron chi connectivity index (χ2n) is 6.29. The minimum atomic E-state index is 0.771. The predicted molar refractivity (Wildman–Crippen MR) is 113 cm³/mol. The van der Waals surface area contributed by atoms with Crippen molar-refractivity contribution in [3.05, 3.63) is 79.8 Å². The van der Waals surface area contributed by atoms with Crippen LogP contribution in [0.15, 0.2) is 67.9 Å². The minimum absolute atomic E-state index is 0.771. The molecule has 0 aliphatic carbocycles. The summed E-state index contributed by atoms with van der Waals surface area (Å²) < 4.78 is 7.44. The zero-order valence-electron chi connectivity index (χ0n) is 15.3. The fourth-order valence-electron chi connectivity index (χ4n) is 2.62.